The van der Waals surface area contributed by atoms with Crippen molar-refractivity contribution in [3.63, 3.8) is 0 Å². The van der Waals surface area contributed by atoms with E-state index in [-0.39, 0.29) is 43.8 Å². The maximum Gasteiger partial charge on any atom is 0.419 e. The van der Waals surface area contributed by atoms with E-state index in [9.17, 15) is 18.0 Å². The summed E-state index contributed by atoms with van der Waals surface area (Å²) in [6.45, 7) is 1.20. The monoisotopic (exact) mass is 352 g/mol. The Kier molecular flexibility index (Phi) is 7.64. The fourth-order valence-corrected chi connectivity index (χ4v) is 1.95. The number of benzene rings is 1. The second-order valence-electron chi connectivity index (χ2n) is 5.27. The van der Waals surface area contributed by atoms with Crippen LogP contribution in [-0.2, 0) is 11.0 Å². The molecular formula is C15H20ClF3N2O2. The first-order valence-corrected chi connectivity index (χ1v) is 7.23. The second-order valence-corrected chi connectivity index (χ2v) is 5.27. The number of nitrogens with one attached hydrogen (secondary N) is 2. The van der Waals surface area contributed by atoms with E-state index in [0.717, 1.165) is 12.6 Å². The van der Waals surface area contributed by atoms with Gasteiger partial charge in [0.25, 0.3) is 0 Å². The molecule has 1 aromatic rings. The minimum atomic E-state index is -4.45. The number of hydrogen-bond acceptors (Lipinski definition) is 3. The van der Waals surface area contributed by atoms with Crippen LogP contribution in [0.1, 0.15) is 18.4 Å². The predicted octanol–water partition coefficient (Wildman–Crippen LogP) is 2.62. The van der Waals surface area contributed by atoms with E-state index in [1.165, 1.54) is 31.0 Å². The van der Waals surface area contributed by atoms with Gasteiger partial charge in [-0.15, -0.1) is 12.4 Å². The third-order valence-electron chi connectivity index (χ3n) is 3.29. The summed E-state index contributed by atoms with van der Waals surface area (Å²) < 4.78 is 43.3. The van der Waals surface area contributed by atoms with Gasteiger partial charge >= 0.3 is 6.18 Å². The van der Waals surface area contributed by atoms with Crippen molar-refractivity contribution in [1.29, 1.82) is 0 Å². The zero-order chi connectivity index (χ0) is 16.0. The molecule has 1 amide bonds. The molecule has 1 fully saturated rings. The highest BCUT2D eigenvalue weighted by molar-refractivity contribution is 5.85. The summed E-state index contributed by atoms with van der Waals surface area (Å²) in [6, 6.07) is 5.02. The highest BCUT2D eigenvalue weighted by atomic mass is 35.5. The lowest BCUT2D eigenvalue weighted by molar-refractivity contribution is -0.139. The molecule has 0 aliphatic heterocycles. The normalized spacial score (nSPS) is 14.0. The molecule has 130 valence electrons. The molecule has 2 rings (SSSR count). The van der Waals surface area contributed by atoms with Gasteiger partial charge in [0.05, 0.1) is 18.7 Å². The van der Waals surface area contributed by atoms with Crippen molar-refractivity contribution in [1.82, 2.24) is 10.6 Å². The fraction of sp³-hybridized carbons (Fsp3) is 0.533. The number of para-hydroxylation sites is 1. The molecule has 1 saturated carbocycles. The van der Waals surface area contributed by atoms with E-state index < -0.39 is 11.7 Å². The maximum atomic E-state index is 12.7. The number of hydrogen-bond donors (Lipinski definition) is 2. The molecule has 4 nitrogen and oxygen atoms in total. The van der Waals surface area contributed by atoms with Crippen LogP contribution in [0.3, 0.4) is 0 Å². The quantitative estimate of drug-likeness (QED) is 0.707. The molecule has 0 heterocycles. The Morgan fingerprint density at radius 1 is 1.26 bits per heavy atom. The van der Waals surface area contributed by atoms with Crippen LogP contribution in [0.5, 0.6) is 5.75 Å². The Morgan fingerprint density at radius 3 is 2.61 bits per heavy atom. The van der Waals surface area contributed by atoms with Crippen molar-refractivity contribution in [2.75, 3.05) is 26.2 Å². The molecule has 1 aliphatic rings. The van der Waals surface area contributed by atoms with Crippen LogP contribution >= 0.6 is 12.4 Å². The molecule has 8 heteroatoms. The summed E-state index contributed by atoms with van der Waals surface area (Å²) in [5.74, 6) is 0.277. The maximum absolute atomic E-state index is 12.7. The van der Waals surface area contributed by atoms with Crippen molar-refractivity contribution in [2.45, 2.75) is 19.0 Å². The predicted molar refractivity (Wildman–Crippen MR) is 82.8 cm³/mol. The molecule has 1 aromatic carbocycles. The van der Waals surface area contributed by atoms with Crippen LogP contribution < -0.4 is 15.4 Å². The van der Waals surface area contributed by atoms with Crippen LogP contribution in [0.4, 0.5) is 13.2 Å². The van der Waals surface area contributed by atoms with Gasteiger partial charge in [0.2, 0.25) is 5.91 Å². The Balaban J connectivity index is 0.00000264. The Morgan fingerprint density at radius 2 is 1.96 bits per heavy atom. The van der Waals surface area contributed by atoms with E-state index in [1.54, 1.807) is 0 Å². The van der Waals surface area contributed by atoms with Gasteiger partial charge in [0.1, 0.15) is 12.4 Å². The van der Waals surface area contributed by atoms with Gasteiger partial charge in [-0.3, -0.25) is 4.79 Å². The highest BCUT2D eigenvalue weighted by Gasteiger charge is 2.33. The number of amides is 1. The largest absolute Gasteiger partial charge is 0.491 e. The molecule has 1 aliphatic carbocycles. The highest BCUT2D eigenvalue weighted by Crippen LogP contribution is 2.35. The van der Waals surface area contributed by atoms with E-state index in [1.807, 2.05) is 0 Å². The van der Waals surface area contributed by atoms with Crippen LogP contribution in [0.2, 0.25) is 0 Å². The number of ether oxygens (including phenoxy) is 1. The molecule has 0 spiro atoms. The Hall–Kier alpha value is -1.47. The van der Waals surface area contributed by atoms with Gasteiger partial charge in [-0.05, 0) is 37.4 Å². The third-order valence-corrected chi connectivity index (χ3v) is 3.29. The first-order chi connectivity index (χ1) is 10.5. The molecule has 0 aromatic heterocycles. The van der Waals surface area contributed by atoms with Crippen molar-refractivity contribution < 1.29 is 22.7 Å². The average molecular weight is 353 g/mol. The van der Waals surface area contributed by atoms with Crippen molar-refractivity contribution in [3.05, 3.63) is 29.8 Å². The lowest BCUT2D eigenvalue weighted by Crippen LogP contribution is -2.36. The van der Waals surface area contributed by atoms with Crippen molar-refractivity contribution in [3.8, 4) is 5.75 Å². The number of carbonyl (C=O) groups is 1. The van der Waals surface area contributed by atoms with E-state index in [2.05, 4.69) is 10.6 Å². The summed E-state index contributed by atoms with van der Waals surface area (Å²) in [5, 5.41) is 5.63. The zero-order valence-corrected chi connectivity index (χ0v) is 13.3. The summed E-state index contributed by atoms with van der Waals surface area (Å²) in [5.41, 5.74) is -0.813. The van der Waals surface area contributed by atoms with E-state index in [0.29, 0.717) is 5.92 Å². The molecule has 2 N–H and O–H groups in total. The second kappa shape index (κ2) is 8.98. The average Bonchev–Trinajstić information content (AvgIpc) is 3.27. The number of halogens is 4. The Bertz CT molecular complexity index is 508. The number of rotatable bonds is 8. The Labute approximate surface area is 139 Å². The first kappa shape index (κ1) is 19.6. The molecule has 0 saturated heterocycles. The van der Waals surface area contributed by atoms with Gasteiger partial charge in [-0.25, -0.2) is 0 Å². The van der Waals surface area contributed by atoms with Crippen LogP contribution in [-0.4, -0.2) is 32.1 Å². The van der Waals surface area contributed by atoms with E-state index >= 15 is 0 Å². The standard InChI is InChI=1S/C15H19F3N2O2.ClH/c16-15(17,18)12-3-1-2-4-13(12)22-8-7-20-14(21)10-19-9-11-5-6-11;/h1-4,11,19H,5-10H2,(H,20,21);1H. The van der Waals surface area contributed by atoms with Gasteiger partial charge in [-0.2, -0.15) is 13.2 Å². The zero-order valence-electron chi connectivity index (χ0n) is 12.5. The summed E-state index contributed by atoms with van der Waals surface area (Å²) in [4.78, 5) is 11.5. The lowest BCUT2D eigenvalue weighted by atomic mass is 10.2. The molecular weight excluding hydrogens is 333 g/mol. The molecule has 23 heavy (non-hydrogen) atoms. The van der Waals surface area contributed by atoms with Gasteiger partial charge in [-0.1, -0.05) is 12.1 Å². The lowest BCUT2D eigenvalue weighted by Gasteiger charge is -2.14. The topological polar surface area (TPSA) is 50.4 Å². The minimum absolute atomic E-state index is 0. The fourth-order valence-electron chi connectivity index (χ4n) is 1.95. The molecule has 0 bridgehead atoms. The van der Waals surface area contributed by atoms with Crippen LogP contribution in [0.25, 0.3) is 0 Å². The smallest absolute Gasteiger partial charge is 0.419 e. The minimum Gasteiger partial charge on any atom is -0.491 e. The summed E-state index contributed by atoms with van der Waals surface area (Å²) in [6.07, 6.45) is -2.03. The molecule has 0 radical (unpaired) electrons. The van der Waals surface area contributed by atoms with Crippen LogP contribution in [0.15, 0.2) is 24.3 Å². The van der Waals surface area contributed by atoms with Crippen LogP contribution in [0, 0.1) is 5.92 Å². The third kappa shape index (κ3) is 7.09. The number of carbonyl (C=O) groups excluding carboxylic acids is 1. The number of alkyl halides is 3. The van der Waals surface area contributed by atoms with E-state index in [4.69, 9.17) is 4.74 Å². The summed E-state index contributed by atoms with van der Waals surface area (Å²) >= 11 is 0. The molecule has 0 unspecified atom stereocenters. The summed E-state index contributed by atoms with van der Waals surface area (Å²) in [7, 11) is 0. The van der Waals surface area contributed by atoms with Gasteiger partial charge in [0, 0.05) is 0 Å². The van der Waals surface area contributed by atoms with Gasteiger partial charge in [0.15, 0.2) is 0 Å². The van der Waals surface area contributed by atoms with Crippen molar-refractivity contribution >= 4 is 18.3 Å². The molecule has 0 atom stereocenters. The van der Waals surface area contributed by atoms with Crippen molar-refractivity contribution in [2.24, 2.45) is 5.92 Å². The van der Waals surface area contributed by atoms with Gasteiger partial charge < -0.3 is 15.4 Å². The SMILES string of the molecule is Cl.O=C(CNCC1CC1)NCCOc1ccccc1C(F)(F)F. The first-order valence-electron chi connectivity index (χ1n) is 7.23.